The molecule has 0 aliphatic heterocycles. The van der Waals surface area contributed by atoms with E-state index in [1.807, 2.05) is 30.3 Å². The van der Waals surface area contributed by atoms with E-state index in [4.69, 9.17) is 20.9 Å². The molecule has 4 N–H and O–H groups in total. The lowest BCUT2D eigenvalue weighted by Crippen LogP contribution is -2.51. The van der Waals surface area contributed by atoms with Crippen molar-refractivity contribution in [3.8, 4) is 11.5 Å². The molecule has 0 heterocycles. The van der Waals surface area contributed by atoms with Crippen LogP contribution in [-0.4, -0.2) is 17.9 Å². The summed E-state index contributed by atoms with van der Waals surface area (Å²) in [7, 11) is 0. The van der Waals surface area contributed by atoms with Crippen LogP contribution in [0.1, 0.15) is 132 Å². The molecule has 6 nitrogen and oxygen atoms in total. The molecule has 3 aromatic carbocycles. The second kappa shape index (κ2) is 16.0. The summed E-state index contributed by atoms with van der Waals surface area (Å²) in [5, 5.41) is 0. The van der Waals surface area contributed by atoms with Gasteiger partial charge in [0.15, 0.2) is 5.78 Å². The molecule has 0 aromatic heterocycles. The van der Waals surface area contributed by atoms with Gasteiger partial charge in [0.1, 0.15) is 17.6 Å². The van der Waals surface area contributed by atoms with Crippen molar-refractivity contribution < 1.29 is 19.1 Å². The maximum Gasteiger partial charge on any atom is 0.343 e. The molecule has 3 fully saturated rings. The maximum atomic E-state index is 12.9. The van der Waals surface area contributed by atoms with Crippen molar-refractivity contribution in [2.75, 3.05) is 11.5 Å². The molecule has 0 amide bonds. The largest absolute Gasteiger partial charge is 0.490 e. The van der Waals surface area contributed by atoms with Gasteiger partial charge in [0.2, 0.25) is 0 Å². The highest BCUT2D eigenvalue weighted by Crippen LogP contribution is 2.67. The van der Waals surface area contributed by atoms with Crippen molar-refractivity contribution in [1.29, 1.82) is 0 Å². The molecular formula is C49H62N2O4. The molecule has 4 unspecified atom stereocenters. The number of rotatable bonds is 12. The van der Waals surface area contributed by atoms with E-state index in [1.54, 1.807) is 42.0 Å². The van der Waals surface area contributed by atoms with Crippen molar-refractivity contribution >= 4 is 29.2 Å². The lowest BCUT2D eigenvalue weighted by molar-refractivity contribution is -0.0559. The first-order valence-electron chi connectivity index (χ1n) is 21.0. The Labute approximate surface area is 329 Å². The summed E-state index contributed by atoms with van der Waals surface area (Å²) in [6.45, 7) is 12.6. The minimum atomic E-state index is -0.571. The lowest BCUT2D eigenvalue weighted by Gasteiger charge is -2.58. The number of fused-ring (bicyclic) bond motifs is 5. The predicted molar refractivity (Wildman–Crippen MR) is 224 cm³/mol. The van der Waals surface area contributed by atoms with Gasteiger partial charge in [-0.15, -0.1) is 0 Å². The molecule has 0 bridgehead atoms. The number of allylic oxidation sites excluding steroid dienone is 2. The number of esters is 1. The Bertz CT molecular complexity index is 1890. The van der Waals surface area contributed by atoms with E-state index in [1.165, 1.54) is 69.9 Å². The summed E-state index contributed by atoms with van der Waals surface area (Å²) in [6, 6.07) is 19.1. The van der Waals surface area contributed by atoms with Gasteiger partial charge in [0.05, 0.1) is 5.56 Å². The number of hydrogen-bond donors (Lipinski definition) is 2. The third-order valence-corrected chi connectivity index (χ3v) is 14.4. The van der Waals surface area contributed by atoms with Crippen LogP contribution in [0, 0.1) is 46.3 Å². The van der Waals surface area contributed by atoms with Crippen LogP contribution < -0.4 is 20.9 Å². The Kier molecular flexibility index (Phi) is 11.4. The molecule has 292 valence electrons. The number of ketones is 1. The molecule has 4 aliphatic carbocycles. The first kappa shape index (κ1) is 38.9. The van der Waals surface area contributed by atoms with E-state index >= 15 is 0 Å². The molecule has 8 atom stereocenters. The quantitative estimate of drug-likeness (QED) is 0.0478. The summed E-state index contributed by atoms with van der Waals surface area (Å²) in [5.74, 6) is 5.60. The molecule has 3 saturated carbocycles. The fourth-order valence-electron chi connectivity index (χ4n) is 11.5. The van der Waals surface area contributed by atoms with Crippen molar-refractivity contribution in [2.24, 2.45) is 46.3 Å². The van der Waals surface area contributed by atoms with Crippen LogP contribution in [0.5, 0.6) is 11.5 Å². The SMILES string of the molecule is CC(C)CCC[C@@H](C)[C@H]1CCC2C3CC=C4CC(Oc5ccc(C=CC(=O)c6ccc(OC(=O)c7cc(N)cc(N)c7)cc6)cc5)CC[C@]4(C)C3CC[C@@]21C. The van der Waals surface area contributed by atoms with Gasteiger partial charge < -0.3 is 20.9 Å². The van der Waals surface area contributed by atoms with Gasteiger partial charge in [0.25, 0.3) is 0 Å². The summed E-state index contributed by atoms with van der Waals surface area (Å²) in [4.78, 5) is 25.4. The van der Waals surface area contributed by atoms with Crippen LogP contribution in [0.2, 0.25) is 0 Å². The minimum Gasteiger partial charge on any atom is -0.490 e. The maximum absolute atomic E-state index is 12.9. The molecular weight excluding hydrogens is 681 g/mol. The molecule has 6 heteroatoms. The first-order chi connectivity index (χ1) is 26.3. The Morgan fingerprint density at radius 3 is 2.24 bits per heavy atom. The molecule has 4 aliphatic rings. The van der Waals surface area contributed by atoms with Crippen LogP contribution in [0.4, 0.5) is 11.4 Å². The van der Waals surface area contributed by atoms with Crippen molar-refractivity contribution in [3.63, 3.8) is 0 Å². The number of benzene rings is 3. The van der Waals surface area contributed by atoms with Crippen LogP contribution >= 0.6 is 0 Å². The number of carbonyl (C=O) groups excluding carboxylic acids is 2. The molecule has 3 aromatic rings. The molecule has 0 saturated heterocycles. The van der Waals surface area contributed by atoms with E-state index in [-0.39, 0.29) is 17.5 Å². The summed E-state index contributed by atoms with van der Waals surface area (Å²) < 4.78 is 12.0. The number of nitrogens with two attached hydrogens (primary N) is 2. The molecule has 0 spiro atoms. The van der Waals surface area contributed by atoms with Crippen molar-refractivity contribution in [2.45, 2.75) is 111 Å². The van der Waals surface area contributed by atoms with Crippen LogP contribution in [-0.2, 0) is 0 Å². The van der Waals surface area contributed by atoms with Gasteiger partial charge in [-0.25, -0.2) is 4.79 Å². The minimum absolute atomic E-state index is 0.142. The number of carbonyl (C=O) groups is 2. The Balaban J connectivity index is 0.911. The summed E-state index contributed by atoms with van der Waals surface area (Å²) >= 11 is 0. The predicted octanol–water partition coefficient (Wildman–Crippen LogP) is 11.8. The number of anilines is 2. The highest BCUT2D eigenvalue weighted by atomic mass is 16.5. The normalized spacial score (nSPS) is 29.2. The average Bonchev–Trinajstić information content (AvgIpc) is 3.51. The Hall–Kier alpha value is -4.32. The summed E-state index contributed by atoms with van der Waals surface area (Å²) in [6.07, 6.45) is 20.7. The zero-order valence-electron chi connectivity index (χ0n) is 33.7. The molecule has 7 rings (SSSR count). The van der Waals surface area contributed by atoms with Crippen LogP contribution in [0.15, 0.2) is 84.5 Å². The highest BCUT2D eigenvalue weighted by Gasteiger charge is 2.59. The smallest absolute Gasteiger partial charge is 0.343 e. The second-order valence-corrected chi connectivity index (χ2v) is 18.3. The van der Waals surface area contributed by atoms with Crippen molar-refractivity contribution in [3.05, 3.63) is 101 Å². The van der Waals surface area contributed by atoms with E-state index in [2.05, 4.69) is 40.7 Å². The van der Waals surface area contributed by atoms with Crippen LogP contribution in [0.3, 0.4) is 0 Å². The first-order valence-corrected chi connectivity index (χ1v) is 21.0. The van der Waals surface area contributed by atoms with E-state index in [9.17, 15) is 9.59 Å². The fourth-order valence-corrected chi connectivity index (χ4v) is 11.5. The van der Waals surface area contributed by atoms with E-state index in [0.717, 1.165) is 59.7 Å². The van der Waals surface area contributed by atoms with Gasteiger partial charge in [-0.2, -0.15) is 0 Å². The lowest BCUT2D eigenvalue weighted by atomic mass is 9.47. The third kappa shape index (κ3) is 8.30. The zero-order chi connectivity index (χ0) is 38.9. The number of ether oxygens (including phenoxy) is 2. The number of nitrogen functional groups attached to an aromatic ring is 2. The standard InChI is InChI=1S/C49H62N2O4/c1-31(2)7-6-8-32(3)43-20-21-44-42-19-14-36-29-41(23-25-48(36,4)45(42)24-26-49(43,44)5)54-39-15-9-33(10-16-39)11-22-46(52)34-12-17-40(18-13-34)55-47(53)35-27-37(50)30-38(51)28-35/h9-18,22,27-28,30-32,41-45H,6-8,19-21,23-26,29,50-51H2,1-5H3/t32-,41?,42?,43-,44?,45?,48+,49-/m1/s1. The van der Waals surface area contributed by atoms with E-state index < -0.39 is 5.97 Å². The molecule has 0 radical (unpaired) electrons. The molecule has 55 heavy (non-hydrogen) atoms. The van der Waals surface area contributed by atoms with E-state index in [0.29, 0.717) is 33.5 Å². The Morgan fingerprint density at radius 2 is 1.53 bits per heavy atom. The summed E-state index contributed by atoms with van der Waals surface area (Å²) in [5.41, 5.74) is 16.5. The topological polar surface area (TPSA) is 105 Å². The van der Waals surface area contributed by atoms with Gasteiger partial charge in [0, 0.05) is 23.4 Å². The van der Waals surface area contributed by atoms with Gasteiger partial charge >= 0.3 is 5.97 Å². The van der Waals surface area contributed by atoms with Crippen LogP contribution in [0.25, 0.3) is 6.08 Å². The monoisotopic (exact) mass is 742 g/mol. The fraction of sp³-hybridized carbons (Fsp3) is 0.510. The van der Waals surface area contributed by atoms with Crippen molar-refractivity contribution in [1.82, 2.24) is 0 Å². The zero-order valence-corrected chi connectivity index (χ0v) is 33.7. The second-order valence-electron chi connectivity index (χ2n) is 18.3. The highest BCUT2D eigenvalue weighted by molar-refractivity contribution is 6.07. The van der Waals surface area contributed by atoms with Gasteiger partial charge in [-0.05, 0) is 158 Å². The number of hydrogen-bond acceptors (Lipinski definition) is 6. The third-order valence-electron chi connectivity index (χ3n) is 14.4. The van der Waals surface area contributed by atoms with Gasteiger partial charge in [-0.1, -0.05) is 83.7 Å². The average molecular weight is 743 g/mol. The Morgan fingerprint density at radius 1 is 0.818 bits per heavy atom. The van der Waals surface area contributed by atoms with Gasteiger partial charge in [-0.3, -0.25) is 4.79 Å².